The fraction of sp³-hybridized carbons (Fsp3) is 0.286. The third kappa shape index (κ3) is 3.34. The minimum atomic E-state index is -0.842. The molecule has 0 aromatic heterocycles. The van der Waals surface area contributed by atoms with Gasteiger partial charge in [-0.05, 0) is 56.2 Å². The number of nitriles is 1. The summed E-state index contributed by atoms with van der Waals surface area (Å²) in [5, 5.41) is 9.30. The van der Waals surface area contributed by atoms with Crippen molar-refractivity contribution in [2.24, 2.45) is 0 Å². The largest absolute Gasteiger partial charge is 0.494 e. The molecule has 2 aliphatic heterocycles. The molecule has 3 aromatic rings. The van der Waals surface area contributed by atoms with E-state index in [4.69, 9.17) is 9.47 Å². The van der Waals surface area contributed by atoms with Gasteiger partial charge in [-0.25, -0.2) is 0 Å². The fourth-order valence-corrected chi connectivity index (χ4v) is 5.30. The van der Waals surface area contributed by atoms with Crippen molar-refractivity contribution >= 4 is 11.6 Å². The van der Waals surface area contributed by atoms with Crippen LogP contribution in [0.3, 0.4) is 0 Å². The van der Waals surface area contributed by atoms with E-state index in [2.05, 4.69) is 12.1 Å². The first-order valence-corrected chi connectivity index (χ1v) is 11.2. The Kier molecular flexibility index (Phi) is 4.90. The van der Waals surface area contributed by atoms with Gasteiger partial charge in [0.25, 0.3) is 0 Å². The number of anilines is 1. The molecule has 33 heavy (non-hydrogen) atoms. The van der Waals surface area contributed by atoms with Crippen molar-refractivity contribution in [1.29, 1.82) is 5.26 Å². The lowest BCUT2D eigenvalue weighted by molar-refractivity contribution is -0.124. The lowest BCUT2D eigenvalue weighted by atomic mass is 9.67. The van der Waals surface area contributed by atoms with Crippen LogP contribution in [0.2, 0.25) is 0 Å². The van der Waals surface area contributed by atoms with Gasteiger partial charge in [0.2, 0.25) is 5.91 Å². The Bertz CT molecular complexity index is 1290. The first-order chi connectivity index (χ1) is 15.9. The van der Waals surface area contributed by atoms with Gasteiger partial charge < -0.3 is 14.4 Å². The van der Waals surface area contributed by atoms with Gasteiger partial charge in [0, 0.05) is 23.7 Å². The van der Waals surface area contributed by atoms with Crippen LogP contribution in [0, 0.1) is 11.3 Å². The van der Waals surface area contributed by atoms with Gasteiger partial charge in [0.1, 0.15) is 22.5 Å². The van der Waals surface area contributed by atoms with E-state index in [-0.39, 0.29) is 5.91 Å². The van der Waals surface area contributed by atoms with E-state index < -0.39 is 11.0 Å². The number of carbonyl (C=O) groups is 1. The normalized spacial score (nSPS) is 20.1. The number of benzene rings is 3. The van der Waals surface area contributed by atoms with Crippen molar-refractivity contribution < 1.29 is 14.3 Å². The topological polar surface area (TPSA) is 62.6 Å². The zero-order valence-electron chi connectivity index (χ0n) is 19.1. The molecule has 0 fully saturated rings. The monoisotopic (exact) mass is 438 g/mol. The van der Waals surface area contributed by atoms with Gasteiger partial charge in [0.15, 0.2) is 0 Å². The van der Waals surface area contributed by atoms with E-state index in [1.165, 1.54) is 0 Å². The summed E-state index contributed by atoms with van der Waals surface area (Å²) in [6, 6.07) is 23.4. The Morgan fingerprint density at radius 2 is 1.88 bits per heavy atom. The van der Waals surface area contributed by atoms with Crippen molar-refractivity contribution in [3.05, 3.63) is 89.0 Å². The maximum atomic E-state index is 14.3. The molecule has 1 spiro atoms. The molecule has 0 bridgehead atoms. The van der Waals surface area contributed by atoms with Crippen LogP contribution in [0.15, 0.2) is 66.7 Å². The Labute approximate surface area is 194 Å². The number of para-hydroxylation sites is 1. The highest BCUT2D eigenvalue weighted by molar-refractivity contribution is 6.11. The van der Waals surface area contributed by atoms with E-state index in [9.17, 15) is 10.1 Å². The lowest BCUT2D eigenvalue weighted by Crippen LogP contribution is -2.50. The molecular formula is C28H26N2O3. The van der Waals surface area contributed by atoms with Crippen LogP contribution in [-0.2, 0) is 16.8 Å². The molecule has 0 saturated carbocycles. The van der Waals surface area contributed by atoms with Gasteiger partial charge in [-0.2, -0.15) is 5.26 Å². The van der Waals surface area contributed by atoms with E-state index in [0.717, 1.165) is 28.1 Å². The highest BCUT2D eigenvalue weighted by Gasteiger charge is 2.58. The van der Waals surface area contributed by atoms with Crippen molar-refractivity contribution in [2.45, 2.75) is 44.8 Å². The highest BCUT2D eigenvalue weighted by Crippen LogP contribution is 2.56. The second-order valence-electron chi connectivity index (χ2n) is 9.26. The van der Waals surface area contributed by atoms with Crippen LogP contribution >= 0.6 is 0 Å². The summed E-state index contributed by atoms with van der Waals surface area (Å²) in [5.41, 5.74) is 2.89. The average molecular weight is 439 g/mol. The zero-order valence-corrected chi connectivity index (χ0v) is 19.1. The maximum absolute atomic E-state index is 14.3. The minimum absolute atomic E-state index is 0.0350. The molecule has 5 rings (SSSR count). The van der Waals surface area contributed by atoms with Crippen LogP contribution in [-0.4, -0.2) is 18.1 Å². The average Bonchev–Trinajstić information content (AvgIpc) is 3.02. The molecule has 0 saturated heterocycles. The Balaban J connectivity index is 1.67. The molecule has 2 aliphatic rings. The summed E-state index contributed by atoms with van der Waals surface area (Å²) >= 11 is 0. The van der Waals surface area contributed by atoms with E-state index in [1.54, 1.807) is 6.07 Å². The summed E-state index contributed by atoms with van der Waals surface area (Å²) in [5.74, 6) is 1.45. The summed E-state index contributed by atoms with van der Waals surface area (Å²) in [4.78, 5) is 16.2. The predicted molar refractivity (Wildman–Crippen MR) is 127 cm³/mol. The van der Waals surface area contributed by atoms with E-state index in [1.807, 2.05) is 80.3 Å². The number of hydrogen-bond acceptors (Lipinski definition) is 4. The Morgan fingerprint density at radius 1 is 1.06 bits per heavy atom. The summed E-state index contributed by atoms with van der Waals surface area (Å²) in [7, 11) is 0. The van der Waals surface area contributed by atoms with Gasteiger partial charge in [0.05, 0.1) is 24.8 Å². The SMILES string of the molecule is CCOc1ccc2c(c1)OC(C)(C)C[C@@]21C(=O)N(Cc2cccc(C#N)c2)c2ccccc21. The second kappa shape index (κ2) is 7.67. The molecule has 0 unspecified atom stereocenters. The first kappa shape index (κ1) is 21.1. The molecule has 0 aliphatic carbocycles. The predicted octanol–water partition coefficient (Wildman–Crippen LogP) is 5.35. The van der Waals surface area contributed by atoms with Crippen molar-refractivity contribution in [2.75, 3.05) is 11.5 Å². The lowest BCUT2D eigenvalue weighted by Gasteiger charge is -2.43. The Hall–Kier alpha value is -3.78. The molecule has 0 radical (unpaired) electrons. The number of amides is 1. The number of ether oxygens (including phenoxy) is 2. The van der Waals surface area contributed by atoms with E-state index >= 15 is 0 Å². The molecule has 5 heteroatoms. The minimum Gasteiger partial charge on any atom is -0.494 e. The number of hydrogen-bond donors (Lipinski definition) is 0. The molecule has 0 N–H and O–H groups in total. The van der Waals surface area contributed by atoms with Crippen LogP contribution in [0.1, 0.15) is 49.4 Å². The van der Waals surface area contributed by atoms with Crippen molar-refractivity contribution in [3.63, 3.8) is 0 Å². The molecule has 5 nitrogen and oxygen atoms in total. The third-order valence-electron chi connectivity index (χ3n) is 6.46. The van der Waals surface area contributed by atoms with Gasteiger partial charge in [-0.15, -0.1) is 0 Å². The summed E-state index contributed by atoms with van der Waals surface area (Å²) in [6.07, 6.45) is 0.533. The summed E-state index contributed by atoms with van der Waals surface area (Å²) < 4.78 is 12.1. The first-order valence-electron chi connectivity index (χ1n) is 11.2. The van der Waals surface area contributed by atoms with Crippen LogP contribution in [0.25, 0.3) is 0 Å². The molecule has 166 valence electrons. The van der Waals surface area contributed by atoms with Crippen molar-refractivity contribution in [1.82, 2.24) is 0 Å². The standard InChI is InChI=1S/C28H26N2O3/c1-4-32-21-12-13-23-25(15-21)33-27(2,3)18-28(23)22-10-5-6-11-24(22)30(26(28)31)17-20-9-7-8-19(14-20)16-29/h5-15H,4,17-18H2,1-3H3/t28-/m0/s1. The fourth-order valence-electron chi connectivity index (χ4n) is 5.30. The molecular weight excluding hydrogens is 412 g/mol. The van der Waals surface area contributed by atoms with Gasteiger partial charge >= 0.3 is 0 Å². The molecule has 3 aromatic carbocycles. The molecule has 2 heterocycles. The summed E-state index contributed by atoms with van der Waals surface area (Å²) in [6.45, 7) is 6.97. The zero-order chi connectivity index (χ0) is 23.2. The molecule has 1 atom stereocenters. The maximum Gasteiger partial charge on any atom is 0.242 e. The number of fused-ring (bicyclic) bond motifs is 4. The number of rotatable bonds is 4. The van der Waals surface area contributed by atoms with Gasteiger partial charge in [-0.3, -0.25) is 4.79 Å². The quantitative estimate of drug-likeness (QED) is 0.551. The highest BCUT2D eigenvalue weighted by atomic mass is 16.5. The third-order valence-corrected chi connectivity index (χ3v) is 6.46. The number of carbonyl (C=O) groups excluding carboxylic acids is 1. The smallest absolute Gasteiger partial charge is 0.242 e. The number of nitrogens with zero attached hydrogens (tertiary/aromatic N) is 2. The Morgan fingerprint density at radius 3 is 2.67 bits per heavy atom. The van der Waals surface area contributed by atoms with Crippen LogP contribution in [0.4, 0.5) is 5.69 Å². The van der Waals surface area contributed by atoms with Gasteiger partial charge in [-0.1, -0.05) is 36.4 Å². The van der Waals surface area contributed by atoms with Crippen LogP contribution in [0.5, 0.6) is 11.5 Å². The van der Waals surface area contributed by atoms with E-state index in [0.29, 0.717) is 30.9 Å². The molecule has 1 amide bonds. The second-order valence-corrected chi connectivity index (χ2v) is 9.26. The van der Waals surface area contributed by atoms with Crippen molar-refractivity contribution in [3.8, 4) is 17.6 Å². The van der Waals surface area contributed by atoms with Crippen LogP contribution < -0.4 is 14.4 Å².